The van der Waals surface area contributed by atoms with E-state index in [1.165, 1.54) is 24.2 Å². The van der Waals surface area contributed by atoms with Crippen LogP contribution in [-0.2, 0) is 9.59 Å². The van der Waals surface area contributed by atoms with Crippen molar-refractivity contribution < 1.29 is 14.7 Å². The number of unbranched alkanes of at least 4 members (excludes halogenated alkanes) is 1. The molecule has 0 atom stereocenters. The van der Waals surface area contributed by atoms with E-state index in [1.54, 1.807) is 13.8 Å². The number of carboxylic acid groups (broad SMARTS) is 1. The molecule has 1 fully saturated rings. The topological polar surface area (TPSA) is 57.6 Å². The molecule has 4 heteroatoms. The van der Waals surface area contributed by atoms with E-state index >= 15 is 0 Å². The Morgan fingerprint density at radius 2 is 1.71 bits per heavy atom. The van der Waals surface area contributed by atoms with E-state index in [0.29, 0.717) is 6.54 Å². The maximum atomic E-state index is 12.7. The van der Waals surface area contributed by atoms with E-state index in [-0.39, 0.29) is 11.8 Å². The van der Waals surface area contributed by atoms with Crippen LogP contribution in [0.15, 0.2) is 0 Å². The minimum Gasteiger partial charge on any atom is -0.480 e. The second-order valence-corrected chi connectivity index (χ2v) is 6.81. The molecule has 0 aliphatic heterocycles. The van der Waals surface area contributed by atoms with Crippen molar-refractivity contribution in [1.29, 1.82) is 0 Å². The number of likely N-dealkylation sites (N-methyl/N-ethyl adjacent to an activating group) is 1. The summed E-state index contributed by atoms with van der Waals surface area (Å²) in [4.78, 5) is 25.6. The molecule has 21 heavy (non-hydrogen) atoms. The van der Waals surface area contributed by atoms with Gasteiger partial charge in [-0.25, -0.2) is 4.79 Å². The van der Waals surface area contributed by atoms with Gasteiger partial charge in [0.25, 0.3) is 0 Å². The normalized spacial score (nSPS) is 22.9. The Morgan fingerprint density at radius 1 is 1.14 bits per heavy atom. The Morgan fingerprint density at radius 3 is 2.14 bits per heavy atom. The molecule has 0 aromatic heterocycles. The van der Waals surface area contributed by atoms with Crippen molar-refractivity contribution in [3.05, 3.63) is 0 Å². The first-order chi connectivity index (χ1) is 9.84. The van der Waals surface area contributed by atoms with Gasteiger partial charge in [-0.3, -0.25) is 4.79 Å². The van der Waals surface area contributed by atoms with Gasteiger partial charge in [0.15, 0.2) is 0 Å². The molecule has 0 aromatic carbocycles. The van der Waals surface area contributed by atoms with Crippen LogP contribution >= 0.6 is 0 Å². The molecule has 0 unspecified atom stereocenters. The second kappa shape index (κ2) is 7.81. The second-order valence-electron chi connectivity index (χ2n) is 6.81. The highest BCUT2D eigenvalue weighted by Gasteiger charge is 2.40. The summed E-state index contributed by atoms with van der Waals surface area (Å²) in [5.74, 6) is -0.133. The third-order valence-corrected chi connectivity index (χ3v) is 4.94. The Bertz CT molecular complexity index is 357. The SMILES string of the molecule is CCCCC1CCC(C(=O)N(CC)C(C)(C)C(=O)O)CC1. The number of nitrogens with zero attached hydrogens (tertiary/aromatic N) is 1. The Hall–Kier alpha value is -1.06. The lowest BCUT2D eigenvalue weighted by Crippen LogP contribution is -2.54. The number of carbonyl (C=O) groups is 2. The molecule has 0 aromatic rings. The lowest BCUT2D eigenvalue weighted by Gasteiger charge is -2.38. The first kappa shape index (κ1) is 18.0. The number of carbonyl (C=O) groups excluding carboxylic acids is 1. The van der Waals surface area contributed by atoms with Crippen molar-refractivity contribution in [2.75, 3.05) is 6.54 Å². The van der Waals surface area contributed by atoms with E-state index in [0.717, 1.165) is 31.6 Å². The maximum Gasteiger partial charge on any atom is 0.329 e. The highest BCUT2D eigenvalue weighted by atomic mass is 16.4. The van der Waals surface area contributed by atoms with Crippen molar-refractivity contribution in [2.45, 2.75) is 78.2 Å². The van der Waals surface area contributed by atoms with Gasteiger partial charge in [0, 0.05) is 12.5 Å². The molecule has 0 saturated heterocycles. The molecule has 0 radical (unpaired) electrons. The Kier molecular flexibility index (Phi) is 6.69. The van der Waals surface area contributed by atoms with E-state index < -0.39 is 11.5 Å². The summed E-state index contributed by atoms with van der Waals surface area (Å²) < 4.78 is 0. The van der Waals surface area contributed by atoms with Crippen LogP contribution in [0.1, 0.15) is 72.6 Å². The number of carboxylic acids is 1. The molecule has 1 aliphatic rings. The zero-order chi connectivity index (χ0) is 16.0. The van der Waals surface area contributed by atoms with E-state index in [1.807, 2.05) is 6.92 Å². The van der Waals surface area contributed by atoms with E-state index in [9.17, 15) is 14.7 Å². The summed E-state index contributed by atoms with van der Waals surface area (Å²) in [7, 11) is 0. The van der Waals surface area contributed by atoms with E-state index in [2.05, 4.69) is 6.92 Å². The fourth-order valence-corrected chi connectivity index (χ4v) is 3.35. The van der Waals surface area contributed by atoms with Crippen LogP contribution in [0, 0.1) is 11.8 Å². The number of aliphatic carboxylic acids is 1. The van der Waals surface area contributed by atoms with Gasteiger partial charge < -0.3 is 10.0 Å². The Balaban J connectivity index is 2.61. The van der Waals surface area contributed by atoms with Crippen molar-refractivity contribution in [1.82, 2.24) is 4.90 Å². The largest absolute Gasteiger partial charge is 0.480 e. The van der Waals surface area contributed by atoms with Crippen LogP contribution < -0.4 is 0 Å². The molecule has 0 heterocycles. The van der Waals surface area contributed by atoms with Crippen molar-refractivity contribution in [2.24, 2.45) is 11.8 Å². The van der Waals surface area contributed by atoms with Gasteiger partial charge in [-0.1, -0.05) is 26.2 Å². The minimum absolute atomic E-state index is 0.0152. The predicted octanol–water partition coefficient (Wildman–Crippen LogP) is 3.69. The Labute approximate surface area is 128 Å². The lowest BCUT2D eigenvalue weighted by molar-refractivity contribution is -0.159. The summed E-state index contributed by atoms with van der Waals surface area (Å²) >= 11 is 0. The molecule has 0 bridgehead atoms. The standard InChI is InChI=1S/C17H31NO3/c1-5-7-8-13-9-11-14(12-10-13)15(19)18(6-2)17(3,4)16(20)21/h13-14H,5-12H2,1-4H3,(H,20,21). The van der Waals surface area contributed by atoms with Gasteiger partial charge in [0.05, 0.1) is 0 Å². The predicted molar refractivity (Wildman–Crippen MR) is 84.1 cm³/mol. The molecule has 1 rings (SSSR count). The van der Waals surface area contributed by atoms with Crippen LogP contribution in [0.4, 0.5) is 0 Å². The summed E-state index contributed by atoms with van der Waals surface area (Å²) in [6, 6.07) is 0. The van der Waals surface area contributed by atoms with Crippen LogP contribution in [0.3, 0.4) is 0 Å². The average Bonchev–Trinajstić information content (AvgIpc) is 2.45. The van der Waals surface area contributed by atoms with Crippen molar-refractivity contribution >= 4 is 11.9 Å². The fourth-order valence-electron chi connectivity index (χ4n) is 3.35. The molecule has 122 valence electrons. The van der Waals surface area contributed by atoms with Crippen LogP contribution in [0.5, 0.6) is 0 Å². The molecule has 1 amide bonds. The number of hydrogen-bond acceptors (Lipinski definition) is 2. The first-order valence-corrected chi connectivity index (χ1v) is 8.39. The zero-order valence-corrected chi connectivity index (χ0v) is 14.0. The first-order valence-electron chi connectivity index (χ1n) is 8.39. The highest BCUT2D eigenvalue weighted by Crippen LogP contribution is 2.34. The lowest BCUT2D eigenvalue weighted by atomic mass is 9.79. The number of hydrogen-bond donors (Lipinski definition) is 1. The third-order valence-electron chi connectivity index (χ3n) is 4.94. The van der Waals surface area contributed by atoms with Gasteiger partial charge in [0.2, 0.25) is 5.91 Å². The minimum atomic E-state index is -1.12. The molecular weight excluding hydrogens is 266 g/mol. The zero-order valence-electron chi connectivity index (χ0n) is 14.0. The molecule has 0 spiro atoms. The van der Waals surface area contributed by atoms with Gasteiger partial charge in [-0.05, 0) is 52.4 Å². The van der Waals surface area contributed by atoms with Crippen molar-refractivity contribution in [3.8, 4) is 0 Å². The summed E-state index contributed by atoms with van der Waals surface area (Å²) in [5, 5.41) is 9.34. The monoisotopic (exact) mass is 297 g/mol. The average molecular weight is 297 g/mol. The molecular formula is C17H31NO3. The fraction of sp³-hybridized carbons (Fsp3) is 0.882. The van der Waals surface area contributed by atoms with Gasteiger partial charge in [0.1, 0.15) is 5.54 Å². The van der Waals surface area contributed by atoms with Crippen LogP contribution in [0.2, 0.25) is 0 Å². The number of rotatable bonds is 7. The summed E-state index contributed by atoms with van der Waals surface area (Å²) in [6.07, 6.45) is 7.84. The van der Waals surface area contributed by atoms with Crippen molar-refractivity contribution in [3.63, 3.8) is 0 Å². The highest BCUT2D eigenvalue weighted by molar-refractivity contribution is 5.87. The van der Waals surface area contributed by atoms with E-state index in [4.69, 9.17) is 0 Å². The molecule has 1 aliphatic carbocycles. The van der Waals surface area contributed by atoms with Gasteiger partial charge in [-0.2, -0.15) is 0 Å². The third kappa shape index (κ3) is 4.45. The van der Waals surface area contributed by atoms with Gasteiger partial charge in [-0.15, -0.1) is 0 Å². The maximum absolute atomic E-state index is 12.7. The smallest absolute Gasteiger partial charge is 0.329 e. The summed E-state index contributed by atoms with van der Waals surface area (Å²) in [6.45, 7) is 7.75. The molecule has 1 saturated carbocycles. The van der Waals surface area contributed by atoms with Crippen LogP contribution in [0.25, 0.3) is 0 Å². The summed E-state index contributed by atoms with van der Waals surface area (Å²) in [5.41, 5.74) is -1.12. The van der Waals surface area contributed by atoms with Gasteiger partial charge >= 0.3 is 5.97 Å². The molecule has 1 N–H and O–H groups in total. The molecule has 4 nitrogen and oxygen atoms in total. The van der Waals surface area contributed by atoms with Crippen LogP contribution in [-0.4, -0.2) is 34.0 Å². The quantitative estimate of drug-likeness (QED) is 0.779. The number of amides is 1.